The smallest absolute Gasteiger partial charge is 0.322 e. The van der Waals surface area contributed by atoms with Crippen molar-refractivity contribution in [1.82, 2.24) is 5.32 Å². The van der Waals surface area contributed by atoms with E-state index in [1.165, 1.54) is 12.7 Å². The van der Waals surface area contributed by atoms with Crippen molar-refractivity contribution in [3.05, 3.63) is 35.9 Å². The van der Waals surface area contributed by atoms with Gasteiger partial charge in [0.05, 0.1) is 7.11 Å². The maximum Gasteiger partial charge on any atom is 0.322 e. The molecule has 0 aromatic heterocycles. The molecular formula is C17H27NO2. The Balaban J connectivity index is 2.21. The Morgan fingerprint density at radius 1 is 1.20 bits per heavy atom. The van der Waals surface area contributed by atoms with E-state index in [0.29, 0.717) is 5.92 Å². The number of unbranched alkanes of at least 4 members (excludes halogenated alkanes) is 1. The summed E-state index contributed by atoms with van der Waals surface area (Å²) in [6.45, 7) is 5.10. The molecule has 1 atom stereocenters. The fraction of sp³-hybridized carbons (Fsp3) is 0.588. The summed E-state index contributed by atoms with van der Waals surface area (Å²) in [7, 11) is 1.45. The Morgan fingerprint density at radius 3 is 2.50 bits per heavy atom. The number of ether oxygens (including phenoxy) is 1. The van der Waals surface area contributed by atoms with Crippen molar-refractivity contribution in [3.63, 3.8) is 0 Å². The summed E-state index contributed by atoms with van der Waals surface area (Å²) in [6.07, 6.45) is 4.12. The van der Waals surface area contributed by atoms with Crippen molar-refractivity contribution < 1.29 is 9.53 Å². The first-order chi connectivity index (χ1) is 9.63. The summed E-state index contributed by atoms with van der Waals surface area (Å²) >= 11 is 0. The van der Waals surface area contributed by atoms with Crippen LogP contribution in [0.3, 0.4) is 0 Å². The van der Waals surface area contributed by atoms with Crippen LogP contribution in [-0.4, -0.2) is 25.7 Å². The Kier molecular flexibility index (Phi) is 7.97. The highest BCUT2D eigenvalue weighted by Crippen LogP contribution is 2.07. The Bertz CT molecular complexity index is 376. The van der Waals surface area contributed by atoms with Gasteiger partial charge in [-0.25, -0.2) is 0 Å². The molecule has 3 nitrogen and oxygen atoms in total. The van der Waals surface area contributed by atoms with Gasteiger partial charge in [0.2, 0.25) is 0 Å². The molecule has 3 heteroatoms. The fourth-order valence-corrected chi connectivity index (χ4v) is 2.25. The van der Waals surface area contributed by atoms with Crippen molar-refractivity contribution in [2.24, 2.45) is 5.92 Å². The number of hydrogen-bond donors (Lipinski definition) is 1. The summed E-state index contributed by atoms with van der Waals surface area (Å²) in [6, 6.07) is 10.3. The van der Waals surface area contributed by atoms with E-state index in [4.69, 9.17) is 4.74 Å². The van der Waals surface area contributed by atoms with E-state index in [2.05, 4.69) is 43.4 Å². The molecule has 1 aromatic rings. The lowest BCUT2D eigenvalue weighted by Crippen LogP contribution is -2.39. The van der Waals surface area contributed by atoms with E-state index in [1.54, 1.807) is 0 Å². The third-order valence-corrected chi connectivity index (χ3v) is 3.32. The summed E-state index contributed by atoms with van der Waals surface area (Å²) in [5.41, 5.74) is 1.37. The second-order valence-corrected chi connectivity index (χ2v) is 5.60. The minimum Gasteiger partial charge on any atom is -0.468 e. The van der Waals surface area contributed by atoms with Crippen LogP contribution in [0.2, 0.25) is 0 Å². The lowest BCUT2D eigenvalue weighted by Gasteiger charge is -2.18. The van der Waals surface area contributed by atoms with Crippen molar-refractivity contribution in [1.29, 1.82) is 0 Å². The van der Waals surface area contributed by atoms with Gasteiger partial charge >= 0.3 is 5.97 Å². The molecule has 0 aliphatic carbocycles. The number of carbonyl (C=O) groups is 1. The number of esters is 1. The minimum atomic E-state index is -0.170. The molecule has 1 unspecified atom stereocenters. The van der Waals surface area contributed by atoms with E-state index in [1.807, 2.05) is 6.07 Å². The zero-order valence-electron chi connectivity index (χ0n) is 12.9. The molecule has 1 aromatic carbocycles. The van der Waals surface area contributed by atoms with Gasteiger partial charge in [0.25, 0.3) is 0 Å². The third kappa shape index (κ3) is 6.71. The molecule has 0 bridgehead atoms. The van der Waals surface area contributed by atoms with Crippen molar-refractivity contribution in [2.75, 3.05) is 13.7 Å². The summed E-state index contributed by atoms with van der Waals surface area (Å²) in [4.78, 5) is 11.6. The first-order valence-corrected chi connectivity index (χ1v) is 7.48. The molecule has 0 heterocycles. The molecule has 0 radical (unpaired) electrons. The van der Waals surface area contributed by atoms with Gasteiger partial charge in [-0.2, -0.15) is 0 Å². The number of nitrogens with one attached hydrogen (secondary N) is 1. The van der Waals surface area contributed by atoms with Crippen LogP contribution in [0.1, 0.15) is 38.7 Å². The normalized spacial score (nSPS) is 12.4. The van der Waals surface area contributed by atoms with Crippen LogP contribution >= 0.6 is 0 Å². The predicted molar refractivity (Wildman–Crippen MR) is 82.6 cm³/mol. The van der Waals surface area contributed by atoms with Crippen molar-refractivity contribution >= 4 is 5.97 Å². The van der Waals surface area contributed by atoms with Crippen LogP contribution in [0.5, 0.6) is 0 Å². The second kappa shape index (κ2) is 9.54. The number of rotatable bonds is 9. The molecule has 1 N–H and O–H groups in total. The molecule has 0 spiro atoms. The summed E-state index contributed by atoms with van der Waals surface area (Å²) < 4.78 is 4.84. The quantitative estimate of drug-likeness (QED) is 0.556. The van der Waals surface area contributed by atoms with Crippen LogP contribution < -0.4 is 5.32 Å². The van der Waals surface area contributed by atoms with E-state index in [-0.39, 0.29) is 12.0 Å². The van der Waals surface area contributed by atoms with Crippen LogP contribution in [-0.2, 0) is 16.0 Å². The maximum absolute atomic E-state index is 11.6. The zero-order chi connectivity index (χ0) is 14.8. The lowest BCUT2D eigenvalue weighted by atomic mass is 10.0. The predicted octanol–water partition coefficient (Wildman–Crippen LogP) is 3.19. The topological polar surface area (TPSA) is 38.3 Å². The molecular weight excluding hydrogens is 250 g/mol. The van der Waals surface area contributed by atoms with Crippen molar-refractivity contribution in [2.45, 2.75) is 45.6 Å². The third-order valence-electron chi connectivity index (χ3n) is 3.32. The fourth-order valence-electron chi connectivity index (χ4n) is 2.25. The first-order valence-electron chi connectivity index (χ1n) is 7.48. The number of benzene rings is 1. The van der Waals surface area contributed by atoms with E-state index in [0.717, 1.165) is 32.2 Å². The Hall–Kier alpha value is -1.35. The number of methoxy groups -OCH3 is 1. The molecule has 112 valence electrons. The second-order valence-electron chi connectivity index (χ2n) is 5.60. The Morgan fingerprint density at radius 2 is 1.90 bits per heavy atom. The summed E-state index contributed by atoms with van der Waals surface area (Å²) in [5.74, 6) is 0.331. The number of hydrogen-bond acceptors (Lipinski definition) is 3. The van der Waals surface area contributed by atoms with Crippen molar-refractivity contribution in [3.8, 4) is 0 Å². The van der Waals surface area contributed by atoms with Gasteiger partial charge < -0.3 is 10.1 Å². The molecule has 0 saturated carbocycles. The van der Waals surface area contributed by atoms with Gasteiger partial charge in [0.1, 0.15) is 6.04 Å². The zero-order valence-corrected chi connectivity index (χ0v) is 12.9. The van der Waals surface area contributed by atoms with Crippen LogP contribution in [0.25, 0.3) is 0 Å². The number of carbonyl (C=O) groups excluding carboxylic acids is 1. The average molecular weight is 277 g/mol. The average Bonchev–Trinajstić information content (AvgIpc) is 2.45. The lowest BCUT2D eigenvalue weighted by molar-refractivity contribution is -0.143. The maximum atomic E-state index is 11.6. The molecule has 0 amide bonds. The Labute approximate surface area is 122 Å². The SMILES string of the molecule is COC(=O)C(CC(C)C)NCCCCc1ccccc1. The van der Waals surface area contributed by atoms with Gasteiger partial charge in [-0.3, -0.25) is 4.79 Å². The van der Waals surface area contributed by atoms with E-state index >= 15 is 0 Å². The summed E-state index contributed by atoms with van der Waals surface area (Å²) in [5, 5.41) is 3.31. The highest BCUT2D eigenvalue weighted by atomic mass is 16.5. The highest BCUT2D eigenvalue weighted by molar-refractivity contribution is 5.75. The van der Waals surface area contributed by atoms with Gasteiger partial charge in [-0.1, -0.05) is 44.2 Å². The highest BCUT2D eigenvalue weighted by Gasteiger charge is 2.19. The van der Waals surface area contributed by atoms with Gasteiger partial charge in [0.15, 0.2) is 0 Å². The largest absolute Gasteiger partial charge is 0.468 e. The molecule has 0 aliphatic rings. The molecule has 0 saturated heterocycles. The number of aryl methyl sites for hydroxylation is 1. The molecule has 0 aliphatic heterocycles. The van der Waals surface area contributed by atoms with Gasteiger partial charge in [-0.05, 0) is 43.7 Å². The molecule has 1 rings (SSSR count). The monoisotopic (exact) mass is 277 g/mol. The first kappa shape index (κ1) is 16.7. The molecule has 20 heavy (non-hydrogen) atoms. The minimum absolute atomic E-state index is 0.151. The van der Waals surface area contributed by atoms with Crippen LogP contribution in [0.15, 0.2) is 30.3 Å². The van der Waals surface area contributed by atoms with Crippen LogP contribution in [0, 0.1) is 5.92 Å². The molecule has 0 fully saturated rings. The van der Waals surface area contributed by atoms with E-state index < -0.39 is 0 Å². The standard InChI is InChI=1S/C17H27NO2/c1-14(2)13-16(17(19)20-3)18-12-8-7-11-15-9-5-4-6-10-15/h4-6,9-10,14,16,18H,7-8,11-13H2,1-3H3. The van der Waals surface area contributed by atoms with Gasteiger partial charge in [-0.15, -0.1) is 0 Å². The van der Waals surface area contributed by atoms with Gasteiger partial charge in [0, 0.05) is 0 Å². The van der Waals surface area contributed by atoms with E-state index in [9.17, 15) is 4.79 Å². The van der Waals surface area contributed by atoms with Crippen LogP contribution in [0.4, 0.5) is 0 Å².